The third-order valence-corrected chi connectivity index (χ3v) is 4.05. The highest BCUT2D eigenvalue weighted by atomic mass is 35.5. The van der Waals surface area contributed by atoms with Gasteiger partial charge in [-0.05, 0) is 44.7 Å². The summed E-state index contributed by atoms with van der Waals surface area (Å²) in [5.41, 5.74) is 3.48. The summed E-state index contributed by atoms with van der Waals surface area (Å²) in [5.74, 6) is 0.966. The number of aromatic nitrogens is 2. The number of imidazole rings is 1. The average molecular weight is 278 g/mol. The van der Waals surface area contributed by atoms with E-state index in [4.69, 9.17) is 16.6 Å². The molecule has 0 spiro atoms. The Hall–Kier alpha value is -1.22. The molecule has 3 rings (SSSR count). The fourth-order valence-electron chi connectivity index (χ4n) is 2.88. The van der Waals surface area contributed by atoms with E-state index >= 15 is 0 Å². The zero-order valence-corrected chi connectivity index (χ0v) is 12.3. The molecule has 1 aromatic heterocycles. The maximum atomic E-state index is 6.34. The van der Waals surface area contributed by atoms with Gasteiger partial charge in [-0.1, -0.05) is 12.1 Å². The molecule has 1 atom stereocenters. The van der Waals surface area contributed by atoms with Crippen LogP contribution in [0.5, 0.6) is 0 Å². The van der Waals surface area contributed by atoms with Crippen LogP contribution in [0.1, 0.15) is 43.0 Å². The Morgan fingerprint density at radius 1 is 1.21 bits per heavy atom. The maximum absolute atomic E-state index is 6.34. The summed E-state index contributed by atoms with van der Waals surface area (Å²) < 4.78 is 2.25. The van der Waals surface area contributed by atoms with E-state index in [9.17, 15) is 0 Å². The zero-order chi connectivity index (χ0) is 13.4. The number of halogens is 1. The predicted octanol–water partition coefficient (Wildman–Crippen LogP) is 3.77. The van der Waals surface area contributed by atoms with E-state index in [2.05, 4.69) is 34.8 Å². The molecule has 1 aromatic carbocycles. The second kappa shape index (κ2) is 5.04. The first-order valence-corrected chi connectivity index (χ1v) is 7.49. The normalized spacial score (nSPS) is 17.9. The molecular formula is C15H20ClN3. The summed E-state index contributed by atoms with van der Waals surface area (Å²) in [4.78, 5) is 4.78. The number of alkyl halides is 1. The lowest BCUT2D eigenvalue weighted by molar-refractivity contribution is 0.475. The van der Waals surface area contributed by atoms with Crippen molar-refractivity contribution in [3.63, 3.8) is 0 Å². The Morgan fingerprint density at radius 2 is 1.95 bits per heavy atom. The van der Waals surface area contributed by atoms with Crippen molar-refractivity contribution < 1.29 is 0 Å². The standard InChI is InChI=1S/C15H20ClN3/c1-11-7-6-8-13-14(11)17-15(12(2)16)19(13)18-9-4-3-5-10-18/h6-8,12H,3-5,9-10H2,1-2H3. The highest BCUT2D eigenvalue weighted by Gasteiger charge is 2.21. The quantitative estimate of drug-likeness (QED) is 0.779. The molecule has 0 amide bonds. The minimum absolute atomic E-state index is 0.0753. The molecule has 0 saturated carbocycles. The predicted molar refractivity (Wildman–Crippen MR) is 80.5 cm³/mol. The largest absolute Gasteiger partial charge is 0.311 e. The van der Waals surface area contributed by atoms with Crippen molar-refractivity contribution >= 4 is 22.6 Å². The minimum atomic E-state index is -0.0753. The lowest BCUT2D eigenvalue weighted by atomic mass is 10.1. The molecule has 0 bridgehead atoms. The lowest BCUT2D eigenvalue weighted by Gasteiger charge is -2.31. The molecule has 0 aliphatic carbocycles. The summed E-state index contributed by atoms with van der Waals surface area (Å²) in [6.45, 7) is 6.29. The minimum Gasteiger partial charge on any atom is -0.311 e. The van der Waals surface area contributed by atoms with Crippen LogP contribution in [0.2, 0.25) is 0 Å². The second-order valence-electron chi connectivity index (χ2n) is 5.35. The molecular weight excluding hydrogens is 258 g/mol. The number of benzene rings is 1. The van der Waals surface area contributed by atoms with Crippen LogP contribution in [0, 0.1) is 6.92 Å². The molecule has 2 heterocycles. The van der Waals surface area contributed by atoms with Crippen molar-refractivity contribution in [2.45, 2.75) is 38.5 Å². The monoisotopic (exact) mass is 277 g/mol. The van der Waals surface area contributed by atoms with Gasteiger partial charge in [0.05, 0.1) is 16.4 Å². The fourth-order valence-corrected chi connectivity index (χ4v) is 3.02. The molecule has 102 valence electrons. The van der Waals surface area contributed by atoms with Gasteiger partial charge >= 0.3 is 0 Å². The first-order chi connectivity index (χ1) is 9.18. The number of para-hydroxylation sites is 1. The van der Waals surface area contributed by atoms with Gasteiger partial charge in [0.1, 0.15) is 5.82 Å². The van der Waals surface area contributed by atoms with E-state index in [1.54, 1.807) is 0 Å². The van der Waals surface area contributed by atoms with Crippen molar-refractivity contribution in [3.8, 4) is 0 Å². The van der Waals surface area contributed by atoms with Gasteiger partial charge in [0.2, 0.25) is 0 Å². The van der Waals surface area contributed by atoms with Crippen LogP contribution in [0.3, 0.4) is 0 Å². The molecule has 1 fully saturated rings. The Kier molecular flexibility index (Phi) is 3.40. The smallest absolute Gasteiger partial charge is 0.146 e. The molecule has 19 heavy (non-hydrogen) atoms. The van der Waals surface area contributed by atoms with Crippen molar-refractivity contribution in [1.82, 2.24) is 9.66 Å². The first-order valence-electron chi connectivity index (χ1n) is 7.06. The summed E-state index contributed by atoms with van der Waals surface area (Å²) in [7, 11) is 0. The van der Waals surface area contributed by atoms with Gasteiger partial charge in [-0.25, -0.2) is 9.66 Å². The van der Waals surface area contributed by atoms with Crippen LogP contribution in [-0.2, 0) is 0 Å². The number of fused-ring (bicyclic) bond motifs is 1. The SMILES string of the molecule is Cc1cccc2c1nc(C(C)Cl)n2N1CCCCC1. The van der Waals surface area contributed by atoms with Crippen LogP contribution in [0.15, 0.2) is 18.2 Å². The van der Waals surface area contributed by atoms with Crippen LogP contribution < -0.4 is 5.01 Å². The van der Waals surface area contributed by atoms with Crippen LogP contribution >= 0.6 is 11.6 Å². The molecule has 4 heteroatoms. The second-order valence-corrected chi connectivity index (χ2v) is 6.01. The summed E-state index contributed by atoms with van der Waals surface area (Å²) in [6.07, 6.45) is 3.83. The Labute approximate surface area is 119 Å². The van der Waals surface area contributed by atoms with E-state index in [0.717, 1.165) is 24.4 Å². The van der Waals surface area contributed by atoms with Crippen molar-refractivity contribution in [3.05, 3.63) is 29.6 Å². The summed E-state index contributed by atoms with van der Waals surface area (Å²) >= 11 is 6.34. The number of rotatable bonds is 2. The third kappa shape index (κ3) is 2.20. The van der Waals surface area contributed by atoms with Crippen molar-refractivity contribution in [1.29, 1.82) is 0 Å². The zero-order valence-electron chi connectivity index (χ0n) is 11.6. The molecule has 0 N–H and O–H groups in total. The number of hydrogen-bond donors (Lipinski definition) is 0. The molecule has 2 aromatic rings. The first kappa shape index (κ1) is 12.8. The van der Waals surface area contributed by atoms with Crippen molar-refractivity contribution in [2.75, 3.05) is 18.1 Å². The van der Waals surface area contributed by atoms with Crippen LogP contribution in [-0.4, -0.2) is 22.7 Å². The number of aryl methyl sites for hydroxylation is 1. The Balaban J connectivity index is 2.18. The number of piperidine rings is 1. The van der Waals surface area contributed by atoms with Gasteiger partial charge in [-0.3, -0.25) is 0 Å². The third-order valence-electron chi connectivity index (χ3n) is 3.86. The van der Waals surface area contributed by atoms with E-state index < -0.39 is 0 Å². The van der Waals surface area contributed by atoms with Gasteiger partial charge < -0.3 is 5.01 Å². The van der Waals surface area contributed by atoms with Gasteiger partial charge in [0.25, 0.3) is 0 Å². The van der Waals surface area contributed by atoms with E-state index in [1.807, 2.05) is 6.92 Å². The lowest BCUT2D eigenvalue weighted by Crippen LogP contribution is -2.40. The molecule has 1 saturated heterocycles. The van der Waals surface area contributed by atoms with E-state index in [1.165, 1.54) is 30.3 Å². The number of nitrogens with zero attached hydrogens (tertiary/aromatic N) is 3. The average Bonchev–Trinajstić information content (AvgIpc) is 2.81. The van der Waals surface area contributed by atoms with Crippen LogP contribution in [0.4, 0.5) is 0 Å². The molecule has 1 aliphatic heterocycles. The van der Waals surface area contributed by atoms with E-state index in [-0.39, 0.29) is 5.38 Å². The van der Waals surface area contributed by atoms with Gasteiger partial charge in [0.15, 0.2) is 0 Å². The Bertz CT molecular complexity index is 582. The maximum Gasteiger partial charge on any atom is 0.146 e. The highest BCUT2D eigenvalue weighted by Crippen LogP contribution is 2.27. The van der Waals surface area contributed by atoms with Gasteiger partial charge in [-0.15, -0.1) is 11.6 Å². The summed E-state index contributed by atoms with van der Waals surface area (Å²) in [6, 6.07) is 6.35. The van der Waals surface area contributed by atoms with Gasteiger partial charge in [0, 0.05) is 13.1 Å². The topological polar surface area (TPSA) is 21.1 Å². The van der Waals surface area contributed by atoms with E-state index in [0.29, 0.717) is 0 Å². The fraction of sp³-hybridized carbons (Fsp3) is 0.533. The van der Waals surface area contributed by atoms with Gasteiger partial charge in [-0.2, -0.15) is 0 Å². The summed E-state index contributed by atoms with van der Waals surface area (Å²) in [5, 5.41) is 2.32. The van der Waals surface area contributed by atoms with Crippen molar-refractivity contribution in [2.24, 2.45) is 0 Å². The molecule has 1 unspecified atom stereocenters. The Morgan fingerprint density at radius 3 is 2.63 bits per heavy atom. The number of hydrogen-bond acceptors (Lipinski definition) is 2. The molecule has 1 aliphatic rings. The molecule has 0 radical (unpaired) electrons. The highest BCUT2D eigenvalue weighted by molar-refractivity contribution is 6.20. The molecule has 3 nitrogen and oxygen atoms in total. The van der Waals surface area contributed by atoms with Crippen LogP contribution in [0.25, 0.3) is 11.0 Å².